The van der Waals surface area contributed by atoms with Crippen molar-refractivity contribution in [2.75, 3.05) is 25.6 Å². The molecule has 1 atom stereocenters. The number of hydrogen-bond acceptors (Lipinski definition) is 8. The Morgan fingerprint density at radius 1 is 1.29 bits per heavy atom. The quantitative estimate of drug-likeness (QED) is 0.535. The Kier molecular flexibility index (Phi) is 6.74. The molecule has 2 heterocycles. The summed E-state index contributed by atoms with van der Waals surface area (Å²) in [4.78, 5) is 17.5. The van der Waals surface area contributed by atoms with Gasteiger partial charge in [-0.15, -0.1) is 0 Å². The van der Waals surface area contributed by atoms with E-state index < -0.39 is 11.9 Å². The van der Waals surface area contributed by atoms with Gasteiger partial charge in [0.2, 0.25) is 5.88 Å². The fraction of sp³-hybridized carbons (Fsp3) is 0.304. The molecule has 1 N–H and O–H groups in total. The van der Waals surface area contributed by atoms with Crippen LogP contribution in [0, 0.1) is 22.7 Å². The monoisotopic (exact) mass is 418 g/mol. The molecule has 8 nitrogen and oxygen atoms in total. The van der Waals surface area contributed by atoms with E-state index in [-0.39, 0.29) is 13.0 Å². The maximum atomic E-state index is 13.1. The number of nitriles is 2. The van der Waals surface area contributed by atoms with Crippen molar-refractivity contribution in [2.24, 2.45) is 0 Å². The second-order valence-electron chi connectivity index (χ2n) is 6.72. The van der Waals surface area contributed by atoms with Gasteiger partial charge in [0.15, 0.2) is 0 Å². The van der Waals surface area contributed by atoms with Gasteiger partial charge in [-0.2, -0.15) is 10.5 Å². The molecule has 1 aromatic heterocycles. The van der Waals surface area contributed by atoms with Crippen molar-refractivity contribution >= 4 is 11.7 Å². The minimum atomic E-state index is -0.608. The standard InChI is InChI=1S/C23H22N4O4/c1-4-30-22-21-17(8-10-26-22)27-14(2)19(23(28)31-11-5-9-24)20(21)16-7-6-15(13-25)12-18(16)29-3/h6-8,10,12,20,27H,4-5,11H2,1-3H3. The number of nitrogens with one attached hydrogen (secondary N) is 1. The van der Waals surface area contributed by atoms with Crippen LogP contribution in [-0.4, -0.2) is 31.3 Å². The number of carbonyl (C=O) groups excluding carboxylic acids is 1. The first-order valence-electron chi connectivity index (χ1n) is 9.77. The summed E-state index contributed by atoms with van der Waals surface area (Å²) < 4.78 is 16.7. The minimum Gasteiger partial charge on any atom is -0.496 e. The molecule has 2 aromatic rings. The number of fused-ring (bicyclic) bond motifs is 1. The number of hydrogen-bond donors (Lipinski definition) is 1. The van der Waals surface area contributed by atoms with Crippen molar-refractivity contribution in [1.82, 2.24) is 4.98 Å². The Labute approximate surface area is 180 Å². The van der Waals surface area contributed by atoms with Crippen LogP contribution < -0.4 is 14.8 Å². The maximum absolute atomic E-state index is 13.1. The molecule has 0 amide bonds. The number of ether oxygens (including phenoxy) is 3. The number of nitrogens with zero attached hydrogens (tertiary/aromatic N) is 3. The molecule has 0 spiro atoms. The third kappa shape index (κ3) is 4.29. The Balaban J connectivity index is 2.23. The lowest BCUT2D eigenvalue weighted by Gasteiger charge is -2.31. The normalized spacial score (nSPS) is 14.5. The van der Waals surface area contributed by atoms with Gasteiger partial charge >= 0.3 is 5.97 Å². The molecular weight excluding hydrogens is 396 g/mol. The summed E-state index contributed by atoms with van der Waals surface area (Å²) in [6, 6.07) is 10.9. The number of anilines is 1. The molecule has 158 valence electrons. The van der Waals surface area contributed by atoms with Gasteiger partial charge in [0.1, 0.15) is 12.4 Å². The summed E-state index contributed by atoms with van der Waals surface area (Å²) in [5, 5.41) is 21.3. The second kappa shape index (κ2) is 9.64. The molecule has 0 saturated heterocycles. The summed E-state index contributed by atoms with van der Waals surface area (Å²) in [5.41, 5.74) is 3.50. The van der Waals surface area contributed by atoms with Crippen LogP contribution in [0.1, 0.15) is 42.9 Å². The topological polar surface area (TPSA) is 117 Å². The second-order valence-corrected chi connectivity index (χ2v) is 6.72. The largest absolute Gasteiger partial charge is 0.496 e. The van der Waals surface area contributed by atoms with Crippen LogP contribution in [0.25, 0.3) is 0 Å². The van der Waals surface area contributed by atoms with Gasteiger partial charge in [-0.05, 0) is 32.0 Å². The van der Waals surface area contributed by atoms with Gasteiger partial charge in [0.05, 0.1) is 54.9 Å². The predicted octanol–water partition coefficient (Wildman–Crippen LogP) is 3.65. The number of allylic oxidation sites excluding steroid dienone is 1. The zero-order chi connectivity index (χ0) is 22.4. The summed E-state index contributed by atoms with van der Waals surface area (Å²) in [7, 11) is 1.51. The highest BCUT2D eigenvalue weighted by Gasteiger charge is 2.37. The number of aromatic nitrogens is 1. The Bertz CT molecular complexity index is 1110. The molecule has 0 bridgehead atoms. The first kappa shape index (κ1) is 21.7. The van der Waals surface area contributed by atoms with Crippen molar-refractivity contribution in [3.63, 3.8) is 0 Å². The van der Waals surface area contributed by atoms with E-state index in [1.165, 1.54) is 7.11 Å². The molecule has 1 unspecified atom stereocenters. The van der Waals surface area contributed by atoms with Gasteiger partial charge in [-0.25, -0.2) is 9.78 Å². The van der Waals surface area contributed by atoms with E-state index in [2.05, 4.69) is 16.4 Å². The van der Waals surface area contributed by atoms with Gasteiger partial charge in [-0.1, -0.05) is 6.07 Å². The van der Waals surface area contributed by atoms with E-state index in [0.29, 0.717) is 46.2 Å². The van der Waals surface area contributed by atoms with Crippen LogP contribution in [0.4, 0.5) is 5.69 Å². The average molecular weight is 418 g/mol. The van der Waals surface area contributed by atoms with Crippen molar-refractivity contribution in [2.45, 2.75) is 26.2 Å². The number of methoxy groups -OCH3 is 1. The maximum Gasteiger partial charge on any atom is 0.336 e. The third-order valence-corrected chi connectivity index (χ3v) is 4.88. The van der Waals surface area contributed by atoms with Gasteiger partial charge in [0.25, 0.3) is 0 Å². The number of rotatable bonds is 7. The van der Waals surface area contributed by atoms with E-state index >= 15 is 0 Å². The molecule has 0 fully saturated rings. The van der Waals surface area contributed by atoms with E-state index in [4.69, 9.17) is 19.5 Å². The zero-order valence-electron chi connectivity index (χ0n) is 17.6. The molecule has 1 aliphatic heterocycles. The van der Waals surface area contributed by atoms with Gasteiger partial charge < -0.3 is 19.5 Å². The molecule has 31 heavy (non-hydrogen) atoms. The first-order chi connectivity index (χ1) is 15.0. The first-order valence-corrected chi connectivity index (χ1v) is 9.77. The van der Waals surface area contributed by atoms with E-state index in [1.54, 1.807) is 31.3 Å². The van der Waals surface area contributed by atoms with Crippen molar-refractivity contribution in [3.8, 4) is 23.8 Å². The molecule has 0 radical (unpaired) electrons. The number of pyridine rings is 1. The lowest BCUT2D eigenvalue weighted by molar-refractivity contribution is -0.139. The van der Waals surface area contributed by atoms with E-state index in [0.717, 1.165) is 5.69 Å². The fourth-order valence-electron chi connectivity index (χ4n) is 3.59. The lowest BCUT2D eigenvalue weighted by Crippen LogP contribution is -2.26. The van der Waals surface area contributed by atoms with Crippen LogP contribution in [0.15, 0.2) is 41.7 Å². The lowest BCUT2D eigenvalue weighted by atomic mass is 9.80. The highest BCUT2D eigenvalue weighted by atomic mass is 16.5. The number of carbonyl (C=O) groups is 1. The van der Waals surface area contributed by atoms with Crippen LogP contribution in [-0.2, 0) is 9.53 Å². The molecule has 3 rings (SSSR count). The smallest absolute Gasteiger partial charge is 0.336 e. The van der Waals surface area contributed by atoms with Gasteiger partial charge in [-0.3, -0.25) is 0 Å². The molecule has 0 saturated carbocycles. The molecule has 1 aliphatic rings. The van der Waals surface area contributed by atoms with Crippen LogP contribution in [0.5, 0.6) is 11.6 Å². The predicted molar refractivity (Wildman–Crippen MR) is 112 cm³/mol. The van der Waals surface area contributed by atoms with Crippen LogP contribution in [0.2, 0.25) is 0 Å². The number of esters is 1. The Hall–Kier alpha value is -4.04. The summed E-state index contributed by atoms with van der Waals surface area (Å²) in [6.45, 7) is 4.02. The number of benzene rings is 1. The van der Waals surface area contributed by atoms with Gasteiger partial charge in [0, 0.05) is 23.1 Å². The zero-order valence-corrected chi connectivity index (χ0v) is 17.6. The molecular formula is C23H22N4O4. The average Bonchev–Trinajstić information content (AvgIpc) is 2.78. The molecule has 1 aromatic carbocycles. The molecule has 8 heteroatoms. The van der Waals surface area contributed by atoms with Crippen molar-refractivity contribution in [3.05, 3.63) is 58.4 Å². The Morgan fingerprint density at radius 3 is 2.77 bits per heavy atom. The Morgan fingerprint density at radius 2 is 2.10 bits per heavy atom. The van der Waals surface area contributed by atoms with E-state index in [1.807, 2.05) is 19.1 Å². The SMILES string of the molecule is CCOc1nccc2c1C(c1ccc(C#N)cc1OC)C(C(=O)OCCC#N)=C(C)N2. The fourth-order valence-corrected chi connectivity index (χ4v) is 3.59. The minimum absolute atomic E-state index is 0.0123. The van der Waals surface area contributed by atoms with E-state index in [9.17, 15) is 10.1 Å². The van der Waals surface area contributed by atoms with Crippen molar-refractivity contribution in [1.29, 1.82) is 10.5 Å². The molecule has 0 aliphatic carbocycles. The summed E-state index contributed by atoms with van der Waals surface area (Å²) >= 11 is 0. The highest BCUT2D eigenvalue weighted by Crippen LogP contribution is 2.48. The van der Waals surface area contributed by atoms with Crippen molar-refractivity contribution < 1.29 is 19.0 Å². The van der Waals surface area contributed by atoms with Crippen LogP contribution in [0.3, 0.4) is 0 Å². The highest BCUT2D eigenvalue weighted by molar-refractivity contribution is 5.95. The van der Waals surface area contributed by atoms with Crippen LogP contribution >= 0.6 is 0 Å². The third-order valence-electron chi connectivity index (χ3n) is 4.88. The summed E-state index contributed by atoms with van der Waals surface area (Å²) in [6.07, 6.45) is 1.73. The summed E-state index contributed by atoms with van der Waals surface area (Å²) in [5.74, 6) is -0.311.